The molecule has 1 amide bonds. The second-order valence-electron chi connectivity index (χ2n) is 5.55. The SMILES string of the molecule is O=C(c1cc(F)ccc1Br)N1CCN(Cc2cccnc2)CC1. The molecule has 1 saturated heterocycles. The molecule has 0 saturated carbocycles. The Hall–Kier alpha value is -1.79. The average molecular weight is 378 g/mol. The lowest BCUT2D eigenvalue weighted by molar-refractivity contribution is 0.0627. The van der Waals surface area contributed by atoms with Gasteiger partial charge < -0.3 is 4.90 Å². The maximum absolute atomic E-state index is 13.4. The zero-order valence-corrected chi connectivity index (χ0v) is 14.2. The predicted octanol–water partition coefficient (Wildman–Crippen LogP) is 2.94. The Bertz CT molecular complexity index is 687. The minimum Gasteiger partial charge on any atom is -0.336 e. The molecule has 23 heavy (non-hydrogen) atoms. The topological polar surface area (TPSA) is 36.4 Å². The summed E-state index contributed by atoms with van der Waals surface area (Å²) in [5, 5.41) is 0. The van der Waals surface area contributed by atoms with Crippen LogP contribution < -0.4 is 0 Å². The van der Waals surface area contributed by atoms with Crippen LogP contribution in [0.15, 0.2) is 47.2 Å². The number of aromatic nitrogens is 1. The second-order valence-corrected chi connectivity index (χ2v) is 6.41. The Morgan fingerprint density at radius 2 is 2.00 bits per heavy atom. The summed E-state index contributed by atoms with van der Waals surface area (Å²) in [6.07, 6.45) is 3.62. The van der Waals surface area contributed by atoms with Gasteiger partial charge in [0.1, 0.15) is 5.82 Å². The fourth-order valence-corrected chi connectivity index (χ4v) is 3.11. The first-order valence-corrected chi connectivity index (χ1v) is 8.28. The van der Waals surface area contributed by atoms with Gasteiger partial charge in [-0.2, -0.15) is 0 Å². The van der Waals surface area contributed by atoms with Crippen LogP contribution in [0.1, 0.15) is 15.9 Å². The number of rotatable bonds is 3. The molecule has 4 nitrogen and oxygen atoms in total. The molecule has 1 aromatic heterocycles. The standard InChI is InChI=1S/C17H17BrFN3O/c18-16-4-3-14(19)10-15(16)17(23)22-8-6-21(7-9-22)12-13-2-1-5-20-11-13/h1-5,10-11H,6-9,12H2. The highest BCUT2D eigenvalue weighted by Crippen LogP contribution is 2.20. The van der Waals surface area contributed by atoms with Gasteiger partial charge >= 0.3 is 0 Å². The van der Waals surface area contributed by atoms with Crippen molar-refractivity contribution in [2.45, 2.75) is 6.54 Å². The minimum atomic E-state index is -0.397. The van der Waals surface area contributed by atoms with E-state index in [9.17, 15) is 9.18 Å². The summed E-state index contributed by atoms with van der Waals surface area (Å²) >= 11 is 3.32. The number of nitrogens with zero attached hydrogens (tertiary/aromatic N) is 3. The van der Waals surface area contributed by atoms with Gasteiger partial charge in [-0.05, 0) is 45.8 Å². The van der Waals surface area contributed by atoms with Crippen molar-refractivity contribution < 1.29 is 9.18 Å². The van der Waals surface area contributed by atoms with Crippen molar-refractivity contribution in [3.05, 3.63) is 64.1 Å². The Balaban J connectivity index is 1.60. The van der Waals surface area contributed by atoms with Gasteiger partial charge in [0.05, 0.1) is 5.56 Å². The van der Waals surface area contributed by atoms with Gasteiger partial charge in [0.25, 0.3) is 5.91 Å². The molecule has 1 aliphatic rings. The zero-order valence-electron chi connectivity index (χ0n) is 12.6. The Labute approximate surface area is 143 Å². The Kier molecular flexibility index (Phi) is 5.03. The number of halogens is 2. The summed E-state index contributed by atoms with van der Waals surface area (Å²) in [5.41, 5.74) is 1.55. The number of piperazine rings is 1. The summed E-state index contributed by atoms with van der Waals surface area (Å²) in [6, 6.07) is 8.17. The van der Waals surface area contributed by atoms with Crippen molar-refractivity contribution in [2.75, 3.05) is 26.2 Å². The van der Waals surface area contributed by atoms with E-state index in [1.54, 1.807) is 17.2 Å². The van der Waals surface area contributed by atoms with Crippen molar-refractivity contribution in [3.8, 4) is 0 Å². The molecule has 2 heterocycles. The van der Waals surface area contributed by atoms with Crippen molar-refractivity contribution in [2.24, 2.45) is 0 Å². The van der Waals surface area contributed by atoms with Gasteiger partial charge in [0, 0.05) is 49.6 Å². The van der Waals surface area contributed by atoms with Crippen LogP contribution in [-0.4, -0.2) is 46.9 Å². The molecule has 1 aliphatic heterocycles. The van der Waals surface area contributed by atoms with Gasteiger partial charge in [0.15, 0.2) is 0 Å². The predicted molar refractivity (Wildman–Crippen MR) is 89.5 cm³/mol. The van der Waals surface area contributed by atoms with Crippen molar-refractivity contribution >= 4 is 21.8 Å². The van der Waals surface area contributed by atoms with Crippen LogP contribution in [0.3, 0.4) is 0 Å². The number of carbonyl (C=O) groups excluding carboxylic acids is 1. The molecule has 1 aromatic carbocycles. The minimum absolute atomic E-state index is 0.127. The average Bonchev–Trinajstić information content (AvgIpc) is 2.58. The van der Waals surface area contributed by atoms with Crippen molar-refractivity contribution in [3.63, 3.8) is 0 Å². The molecule has 1 fully saturated rings. The third-order valence-corrected chi connectivity index (χ3v) is 4.64. The highest BCUT2D eigenvalue weighted by atomic mass is 79.9. The maximum atomic E-state index is 13.4. The summed E-state index contributed by atoms with van der Waals surface area (Å²) in [7, 11) is 0. The van der Waals surface area contributed by atoms with Gasteiger partial charge in [-0.25, -0.2) is 4.39 Å². The molecule has 120 valence electrons. The Morgan fingerprint density at radius 3 is 2.70 bits per heavy atom. The van der Waals surface area contributed by atoms with Crippen LogP contribution in [0.4, 0.5) is 4.39 Å². The molecule has 2 aromatic rings. The second kappa shape index (κ2) is 7.19. The highest BCUT2D eigenvalue weighted by Gasteiger charge is 2.23. The molecule has 0 aliphatic carbocycles. The number of amides is 1. The molecule has 0 atom stereocenters. The third-order valence-electron chi connectivity index (χ3n) is 3.95. The van der Waals surface area contributed by atoms with E-state index in [2.05, 4.69) is 25.8 Å². The third kappa shape index (κ3) is 3.95. The first-order chi connectivity index (χ1) is 11.1. The molecule has 6 heteroatoms. The van der Waals surface area contributed by atoms with E-state index in [1.807, 2.05) is 18.3 Å². The van der Waals surface area contributed by atoms with Crippen molar-refractivity contribution in [1.29, 1.82) is 0 Å². The largest absolute Gasteiger partial charge is 0.336 e. The lowest BCUT2D eigenvalue weighted by atomic mass is 10.1. The molecule has 0 bridgehead atoms. The van der Waals surface area contributed by atoms with E-state index in [4.69, 9.17) is 0 Å². The highest BCUT2D eigenvalue weighted by molar-refractivity contribution is 9.10. The first kappa shape index (κ1) is 16.1. The molecule has 0 unspecified atom stereocenters. The molecular weight excluding hydrogens is 361 g/mol. The normalized spacial score (nSPS) is 15.7. The first-order valence-electron chi connectivity index (χ1n) is 7.49. The Morgan fingerprint density at radius 1 is 1.22 bits per heavy atom. The number of benzene rings is 1. The van der Waals surface area contributed by atoms with E-state index >= 15 is 0 Å². The lowest BCUT2D eigenvalue weighted by Gasteiger charge is -2.34. The fraction of sp³-hybridized carbons (Fsp3) is 0.294. The molecule has 0 spiro atoms. The van der Waals surface area contributed by atoms with Crippen LogP contribution in [0.25, 0.3) is 0 Å². The van der Waals surface area contributed by atoms with E-state index in [1.165, 1.54) is 17.7 Å². The fourth-order valence-electron chi connectivity index (χ4n) is 2.69. The van der Waals surface area contributed by atoms with Crippen LogP contribution in [0.5, 0.6) is 0 Å². The van der Waals surface area contributed by atoms with E-state index < -0.39 is 5.82 Å². The van der Waals surface area contributed by atoms with Crippen molar-refractivity contribution in [1.82, 2.24) is 14.8 Å². The zero-order chi connectivity index (χ0) is 16.2. The van der Waals surface area contributed by atoms with E-state index in [0.29, 0.717) is 23.1 Å². The molecule has 3 rings (SSSR count). The number of pyridine rings is 1. The maximum Gasteiger partial charge on any atom is 0.255 e. The van der Waals surface area contributed by atoms with Gasteiger partial charge in [-0.1, -0.05) is 6.07 Å². The summed E-state index contributed by atoms with van der Waals surface area (Å²) in [5.74, 6) is -0.524. The van der Waals surface area contributed by atoms with Crippen LogP contribution in [-0.2, 0) is 6.54 Å². The smallest absolute Gasteiger partial charge is 0.255 e. The van der Waals surface area contributed by atoms with E-state index in [-0.39, 0.29) is 5.91 Å². The lowest BCUT2D eigenvalue weighted by Crippen LogP contribution is -2.48. The van der Waals surface area contributed by atoms with Crippen LogP contribution >= 0.6 is 15.9 Å². The summed E-state index contributed by atoms with van der Waals surface area (Å²) in [6.45, 7) is 3.71. The monoisotopic (exact) mass is 377 g/mol. The van der Waals surface area contributed by atoms with Gasteiger partial charge in [-0.15, -0.1) is 0 Å². The van der Waals surface area contributed by atoms with E-state index in [0.717, 1.165) is 19.6 Å². The number of carbonyl (C=O) groups is 1. The van der Waals surface area contributed by atoms with Crippen LogP contribution in [0, 0.1) is 5.82 Å². The molecule has 0 N–H and O–H groups in total. The molecule has 0 radical (unpaired) electrons. The van der Waals surface area contributed by atoms with Crippen LogP contribution in [0.2, 0.25) is 0 Å². The number of hydrogen-bond donors (Lipinski definition) is 0. The summed E-state index contributed by atoms with van der Waals surface area (Å²) in [4.78, 5) is 20.7. The summed E-state index contributed by atoms with van der Waals surface area (Å²) < 4.78 is 14.0. The molecular formula is C17H17BrFN3O. The van der Waals surface area contributed by atoms with Gasteiger partial charge in [-0.3, -0.25) is 14.7 Å². The number of hydrogen-bond acceptors (Lipinski definition) is 3. The quantitative estimate of drug-likeness (QED) is 0.824. The van der Waals surface area contributed by atoms with Gasteiger partial charge in [0.2, 0.25) is 0 Å².